The molecule has 2 heterocycles. The van der Waals surface area contributed by atoms with Crippen molar-refractivity contribution >= 4 is 18.3 Å². The molecule has 2 N–H and O–H groups in total. The summed E-state index contributed by atoms with van der Waals surface area (Å²) in [5, 5.41) is 1.42. The maximum Gasteiger partial charge on any atom is 0.354 e. The quantitative estimate of drug-likeness (QED) is 0.566. The van der Waals surface area contributed by atoms with Crippen LogP contribution >= 0.6 is 0 Å². The number of nitrogens with zero attached hydrogens (tertiary/aromatic N) is 2. The molecule has 4 aliphatic rings. The third kappa shape index (κ3) is 2.77. The molecule has 2 aliphatic carbocycles. The van der Waals surface area contributed by atoms with Crippen LogP contribution in [0.3, 0.4) is 0 Å². The minimum atomic E-state index is -0.605. The molecule has 1 spiro atoms. The Balaban J connectivity index is 1.55. The van der Waals surface area contributed by atoms with Gasteiger partial charge in [0.1, 0.15) is 6.04 Å². The number of allylic oxidation sites excluding steroid dienone is 7. The molecule has 0 aromatic heterocycles. The zero-order valence-electron chi connectivity index (χ0n) is 14.1. The number of carbonyl (C=O) groups is 3. The predicted molar refractivity (Wildman–Crippen MR) is 91.7 cm³/mol. The highest BCUT2D eigenvalue weighted by Crippen LogP contribution is 2.59. The fourth-order valence-electron chi connectivity index (χ4n) is 3.87. The Labute approximate surface area is 150 Å². The van der Waals surface area contributed by atoms with Gasteiger partial charge in [0.05, 0.1) is 6.04 Å². The summed E-state index contributed by atoms with van der Waals surface area (Å²) in [6.45, 7) is 0.449. The van der Waals surface area contributed by atoms with Gasteiger partial charge in [-0.15, -0.1) is 0 Å². The van der Waals surface area contributed by atoms with E-state index in [1.807, 2.05) is 30.4 Å². The molecular formula is C18H20N4O4. The van der Waals surface area contributed by atoms with Crippen LogP contribution in [0.5, 0.6) is 0 Å². The zero-order valence-corrected chi connectivity index (χ0v) is 14.1. The summed E-state index contributed by atoms with van der Waals surface area (Å²) in [4.78, 5) is 43.1. The first-order chi connectivity index (χ1) is 12.6. The van der Waals surface area contributed by atoms with Crippen LogP contribution in [0.2, 0.25) is 0 Å². The third-order valence-corrected chi connectivity index (χ3v) is 5.39. The first-order valence-electron chi connectivity index (χ1n) is 8.63. The van der Waals surface area contributed by atoms with E-state index in [1.165, 1.54) is 9.96 Å². The van der Waals surface area contributed by atoms with E-state index in [-0.39, 0.29) is 23.4 Å². The lowest BCUT2D eigenvalue weighted by Crippen LogP contribution is -2.55. The van der Waals surface area contributed by atoms with Crippen LogP contribution in [0, 0.1) is 5.41 Å². The molecular weight excluding hydrogens is 336 g/mol. The van der Waals surface area contributed by atoms with Crippen molar-refractivity contribution in [2.24, 2.45) is 5.41 Å². The van der Waals surface area contributed by atoms with E-state index in [0.717, 1.165) is 12.8 Å². The normalized spacial score (nSPS) is 33.4. The maximum absolute atomic E-state index is 12.9. The molecule has 2 unspecified atom stereocenters. The van der Waals surface area contributed by atoms with E-state index in [9.17, 15) is 14.4 Å². The Morgan fingerprint density at radius 1 is 1.23 bits per heavy atom. The zero-order chi connectivity index (χ0) is 18.1. The Hall–Kier alpha value is -3.03. The van der Waals surface area contributed by atoms with Gasteiger partial charge >= 0.3 is 6.03 Å². The van der Waals surface area contributed by atoms with Crippen LogP contribution in [0.25, 0.3) is 0 Å². The molecule has 4 rings (SSSR count). The van der Waals surface area contributed by atoms with Gasteiger partial charge in [0.2, 0.25) is 6.41 Å². The highest BCUT2D eigenvalue weighted by molar-refractivity contribution is 5.89. The van der Waals surface area contributed by atoms with Gasteiger partial charge in [-0.05, 0) is 36.8 Å². The molecule has 2 aliphatic heterocycles. The van der Waals surface area contributed by atoms with Gasteiger partial charge in [-0.25, -0.2) is 4.79 Å². The number of rotatable bonds is 5. The lowest BCUT2D eigenvalue weighted by molar-refractivity contribution is -0.130. The highest BCUT2D eigenvalue weighted by atomic mass is 16.7. The SMILES string of the molecule is O=CNNC(=O)C1CC2(CC2)C2CN1C(=O)N2OC1=C/C=C\C=C/C=C\1. The number of hydrazine groups is 1. The summed E-state index contributed by atoms with van der Waals surface area (Å²) in [5.74, 6) is 0.183. The lowest BCUT2D eigenvalue weighted by atomic mass is 9.85. The predicted octanol–water partition coefficient (Wildman–Crippen LogP) is 0.920. The van der Waals surface area contributed by atoms with Crippen molar-refractivity contribution in [2.75, 3.05) is 6.54 Å². The lowest BCUT2D eigenvalue weighted by Gasteiger charge is -2.35. The molecule has 136 valence electrons. The smallest absolute Gasteiger partial charge is 0.354 e. The Morgan fingerprint density at radius 3 is 2.77 bits per heavy atom. The second-order valence-electron chi connectivity index (χ2n) is 6.90. The highest BCUT2D eigenvalue weighted by Gasteiger charge is 2.64. The number of nitrogens with one attached hydrogen (secondary N) is 2. The number of hydroxylamine groups is 2. The molecule has 0 aromatic carbocycles. The summed E-state index contributed by atoms with van der Waals surface area (Å²) in [5.41, 5.74) is 4.40. The van der Waals surface area contributed by atoms with Crippen LogP contribution in [0.15, 0.2) is 48.3 Å². The van der Waals surface area contributed by atoms with Crippen molar-refractivity contribution in [1.29, 1.82) is 0 Å². The molecule has 4 amide bonds. The van der Waals surface area contributed by atoms with Crippen LogP contribution in [0.1, 0.15) is 19.3 Å². The van der Waals surface area contributed by atoms with Gasteiger partial charge in [-0.2, -0.15) is 5.06 Å². The van der Waals surface area contributed by atoms with Crippen molar-refractivity contribution in [3.63, 3.8) is 0 Å². The van der Waals surface area contributed by atoms with E-state index < -0.39 is 6.04 Å². The van der Waals surface area contributed by atoms with Crippen molar-refractivity contribution in [3.05, 3.63) is 48.3 Å². The fourth-order valence-corrected chi connectivity index (χ4v) is 3.87. The average molecular weight is 356 g/mol. The first-order valence-corrected chi connectivity index (χ1v) is 8.63. The number of hydrogen-bond acceptors (Lipinski definition) is 4. The summed E-state index contributed by atoms with van der Waals surface area (Å²) in [6, 6.07) is -0.995. The number of hydrogen-bond donors (Lipinski definition) is 2. The number of fused-ring (bicyclic) bond motifs is 3. The Morgan fingerprint density at radius 2 is 2.00 bits per heavy atom. The van der Waals surface area contributed by atoms with Crippen molar-refractivity contribution in [1.82, 2.24) is 20.8 Å². The van der Waals surface area contributed by atoms with E-state index in [4.69, 9.17) is 4.84 Å². The molecule has 1 saturated carbocycles. The molecule has 2 saturated heterocycles. The minimum absolute atomic E-state index is 0.0719. The van der Waals surface area contributed by atoms with Gasteiger partial charge in [0, 0.05) is 6.54 Å². The molecule has 2 atom stereocenters. The van der Waals surface area contributed by atoms with Crippen molar-refractivity contribution in [3.8, 4) is 0 Å². The minimum Gasteiger partial charge on any atom is -0.375 e. The fraction of sp³-hybridized carbons (Fsp3) is 0.389. The monoisotopic (exact) mass is 356 g/mol. The van der Waals surface area contributed by atoms with Crippen LogP contribution < -0.4 is 10.9 Å². The molecule has 2 bridgehead atoms. The summed E-state index contributed by atoms with van der Waals surface area (Å²) in [7, 11) is 0. The topological polar surface area (TPSA) is 91.0 Å². The van der Waals surface area contributed by atoms with Crippen molar-refractivity contribution in [2.45, 2.75) is 31.3 Å². The van der Waals surface area contributed by atoms with E-state index in [2.05, 4.69) is 10.9 Å². The van der Waals surface area contributed by atoms with Gasteiger partial charge in [-0.1, -0.05) is 30.4 Å². The van der Waals surface area contributed by atoms with E-state index in [1.54, 1.807) is 12.2 Å². The Kier molecular flexibility index (Phi) is 4.02. The van der Waals surface area contributed by atoms with Gasteiger partial charge < -0.3 is 9.74 Å². The second kappa shape index (κ2) is 6.36. The van der Waals surface area contributed by atoms with Gasteiger partial charge in [-0.3, -0.25) is 20.4 Å². The van der Waals surface area contributed by atoms with Crippen LogP contribution in [-0.4, -0.2) is 46.9 Å². The number of piperidine rings is 1. The average Bonchev–Trinajstić information content (AvgIpc) is 3.32. The summed E-state index contributed by atoms with van der Waals surface area (Å²) >= 11 is 0. The third-order valence-electron chi connectivity index (χ3n) is 5.39. The molecule has 26 heavy (non-hydrogen) atoms. The molecule has 0 radical (unpaired) electrons. The maximum atomic E-state index is 12.9. The van der Waals surface area contributed by atoms with Crippen LogP contribution in [0.4, 0.5) is 4.79 Å². The van der Waals surface area contributed by atoms with Crippen molar-refractivity contribution < 1.29 is 19.2 Å². The molecule has 8 heteroatoms. The van der Waals surface area contributed by atoms with E-state index in [0.29, 0.717) is 25.1 Å². The molecule has 3 fully saturated rings. The second-order valence-corrected chi connectivity index (χ2v) is 6.90. The Bertz CT molecular complexity index is 750. The molecule has 0 aromatic rings. The standard InChI is InChI=1S/C18H20N4O4/c23-12-19-20-16(24)14-10-18(8-9-18)15-11-21(14)17(25)22(15)26-13-6-4-2-1-3-5-7-13/h1-7,12,14-15H,8-11H2,(H,19,23)(H,20,24)/b2-1-,3-1?,4-2?,5-3-,6-4-,7-5?,13-6?,13-7+. The first kappa shape index (κ1) is 16.4. The summed E-state index contributed by atoms with van der Waals surface area (Å²) < 4.78 is 0. The number of carbonyl (C=O) groups excluding carboxylic acids is 3. The molecule has 8 nitrogen and oxygen atoms in total. The number of amides is 4. The number of urea groups is 1. The van der Waals surface area contributed by atoms with Gasteiger partial charge in [0.25, 0.3) is 5.91 Å². The van der Waals surface area contributed by atoms with Gasteiger partial charge in [0.15, 0.2) is 5.76 Å². The summed E-state index contributed by atoms with van der Waals surface area (Å²) in [6.07, 6.45) is 15.8. The largest absolute Gasteiger partial charge is 0.375 e. The van der Waals surface area contributed by atoms with E-state index >= 15 is 0 Å². The van der Waals surface area contributed by atoms with Crippen LogP contribution in [-0.2, 0) is 14.4 Å².